The van der Waals surface area contributed by atoms with Gasteiger partial charge in [0, 0.05) is 0 Å². The minimum atomic E-state index is -0.0893. The molecule has 0 aromatic carbocycles. The Labute approximate surface area is 75.7 Å². The van der Waals surface area contributed by atoms with Gasteiger partial charge in [0.2, 0.25) is 0 Å². The summed E-state index contributed by atoms with van der Waals surface area (Å²) in [6, 6.07) is 0. The van der Waals surface area contributed by atoms with Crippen molar-refractivity contribution in [3.05, 3.63) is 0 Å². The molecule has 1 aliphatic carbocycles. The minimum Gasteiger partial charge on any atom is -0.316 e. The number of nitrogens with two attached hydrogens (primary N) is 2. The Morgan fingerprint density at radius 2 is 1.75 bits per heavy atom. The lowest BCUT2D eigenvalue weighted by Gasteiger charge is -2.09. The second-order valence-corrected chi connectivity index (χ2v) is 4.10. The van der Waals surface area contributed by atoms with Crippen molar-refractivity contribution in [2.45, 2.75) is 57.5 Å². The topological polar surface area (TPSA) is 52.0 Å². The van der Waals surface area contributed by atoms with Crippen molar-refractivity contribution < 1.29 is 0 Å². The molecule has 4 N–H and O–H groups in total. The summed E-state index contributed by atoms with van der Waals surface area (Å²) in [6.45, 7) is 0. The van der Waals surface area contributed by atoms with E-state index in [1.807, 2.05) is 0 Å². The zero-order valence-corrected chi connectivity index (χ0v) is 7.97. The Balaban J connectivity index is 1.88. The summed E-state index contributed by atoms with van der Waals surface area (Å²) in [4.78, 5) is 0. The molecule has 2 heteroatoms. The van der Waals surface area contributed by atoms with Gasteiger partial charge in [0.05, 0.1) is 6.17 Å². The van der Waals surface area contributed by atoms with Crippen molar-refractivity contribution in [3.63, 3.8) is 0 Å². The highest BCUT2D eigenvalue weighted by Gasteiger charge is 2.13. The van der Waals surface area contributed by atoms with E-state index in [-0.39, 0.29) is 6.17 Å². The highest BCUT2D eigenvalue weighted by atomic mass is 14.8. The summed E-state index contributed by atoms with van der Waals surface area (Å²) in [5.74, 6) is 1.03. The fourth-order valence-electron chi connectivity index (χ4n) is 2.11. The smallest absolute Gasteiger partial charge is 0.0520 e. The SMILES string of the molecule is NC(N)CCCCC1CCCC1. The average molecular weight is 170 g/mol. The van der Waals surface area contributed by atoms with Crippen molar-refractivity contribution in [1.29, 1.82) is 0 Å². The molecule has 1 saturated carbocycles. The average Bonchev–Trinajstić information content (AvgIpc) is 2.49. The quantitative estimate of drug-likeness (QED) is 0.489. The first-order valence-electron chi connectivity index (χ1n) is 5.30. The molecular weight excluding hydrogens is 148 g/mol. The third-order valence-electron chi connectivity index (χ3n) is 2.87. The van der Waals surface area contributed by atoms with Gasteiger partial charge in [-0.2, -0.15) is 0 Å². The van der Waals surface area contributed by atoms with Gasteiger partial charge in [0.15, 0.2) is 0 Å². The maximum atomic E-state index is 5.46. The van der Waals surface area contributed by atoms with E-state index in [9.17, 15) is 0 Å². The fourth-order valence-corrected chi connectivity index (χ4v) is 2.11. The van der Waals surface area contributed by atoms with Crippen LogP contribution in [0.25, 0.3) is 0 Å². The van der Waals surface area contributed by atoms with Crippen molar-refractivity contribution in [3.8, 4) is 0 Å². The lowest BCUT2D eigenvalue weighted by molar-refractivity contribution is 0.456. The minimum absolute atomic E-state index is 0.0893. The Morgan fingerprint density at radius 3 is 2.33 bits per heavy atom. The van der Waals surface area contributed by atoms with Crippen molar-refractivity contribution in [2.75, 3.05) is 0 Å². The maximum Gasteiger partial charge on any atom is 0.0520 e. The molecule has 0 amide bonds. The molecule has 0 spiro atoms. The van der Waals surface area contributed by atoms with E-state index in [2.05, 4.69) is 0 Å². The van der Waals surface area contributed by atoms with E-state index in [1.54, 1.807) is 0 Å². The van der Waals surface area contributed by atoms with E-state index >= 15 is 0 Å². The molecule has 0 bridgehead atoms. The predicted molar refractivity (Wildman–Crippen MR) is 52.6 cm³/mol. The van der Waals surface area contributed by atoms with Crippen LogP contribution in [-0.4, -0.2) is 6.17 Å². The molecule has 1 fully saturated rings. The van der Waals surface area contributed by atoms with Crippen LogP contribution in [0.5, 0.6) is 0 Å². The van der Waals surface area contributed by atoms with Crippen LogP contribution in [0.3, 0.4) is 0 Å². The van der Waals surface area contributed by atoms with Gasteiger partial charge in [-0.25, -0.2) is 0 Å². The zero-order chi connectivity index (χ0) is 8.81. The van der Waals surface area contributed by atoms with Crippen LogP contribution in [0.1, 0.15) is 51.4 Å². The third kappa shape index (κ3) is 4.07. The Bertz CT molecular complexity index is 106. The second kappa shape index (κ2) is 5.55. The molecule has 72 valence electrons. The van der Waals surface area contributed by atoms with Gasteiger partial charge in [0.25, 0.3) is 0 Å². The van der Waals surface area contributed by atoms with Crippen LogP contribution >= 0.6 is 0 Å². The Kier molecular flexibility index (Phi) is 4.62. The summed E-state index contributed by atoms with van der Waals surface area (Å²) >= 11 is 0. The molecule has 0 atom stereocenters. The van der Waals surface area contributed by atoms with Crippen molar-refractivity contribution in [2.24, 2.45) is 17.4 Å². The standard InChI is InChI=1S/C10H22N2/c11-10(12)8-4-3-7-9-5-1-2-6-9/h9-10H,1-8,11-12H2. The zero-order valence-electron chi connectivity index (χ0n) is 7.97. The van der Waals surface area contributed by atoms with Gasteiger partial charge in [-0.05, 0) is 12.3 Å². The molecule has 0 aliphatic heterocycles. The molecule has 1 rings (SSSR count). The Morgan fingerprint density at radius 1 is 1.08 bits per heavy atom. The van der Waals surface area contributed by atoms with E-state index < -0.39 is 0 Å². The predicted octanol–water partition coefficient (Wildman–Crippen LogP) is 1.98. The summed E-state index contributed by atoms with van der Waals surface area (Å²) in [7, 11) is 0. The third-order valence-corrected chi connectivity index (χ3v) is 2.87. The first kappa shape index (κ1) is 10.0. The number of unbranched alkanes of at least 4 members (excludes halogenated alkanes) is 1. The van der Waals surface area contributed by atoms with E-state index in [0.29, 0.717) is 0 Å². The molecule has 0 aromatic heterocycles. The summed E-state index contributed by atoms with van der Waals surface area (Å²) in [6.07, 6.45) is 10.7. The maximum absolute atomic E-state index is 5.46. The normalized spacial score (nSPS) is 19.2. The van der Waals surface area contributed by atoms with Gasteiger partial charge in [0.1, 0.15) is 0 Å². The first-order valence-corrected chi connectivity index (χ1v) is 5.30. The Hall–Kier alpha value is -0.0800. The van der Waals surface area contributed by atoms with Gasteiger partial charge in [-0.3, -0.25) is 0 Å². The summed E-state index contributed by atoms with van der Waals surface area (Å²) in [5.41, 5.74) is 10.9. The largest absolute Gasteiger partial charge is 0.316 e. The summed E-state index contributed by atoms with van der Waals surface area (Å²) < 4.78 is 0. The van der Waals surface area contributed by atoms with Crippen molar-refractivity contribution in [1.82, 2.24) is 0 Å². The van der Waals surface area contributed by atoms with Gasteiger partial charge < -0.3 is 11.5 Å². The van der Waals surface area contributed by atoms with Crippen molar-refractivity contribution >= 4 is 0 Å². The first-order chi connectivity index (χ1) is 5.79. The lowest BCUT2D eigenvalue weighted by Crippen LogP contribution is -2.29. The molecule has 12 heavy (non-hydrogen) atoms. The van der Waals surface area contributed by atoms with Gasteiger partial charge in [-0.1, -0.05) is 44.9 Å². The molecular formula is C10H22N2. The van der Waals surface area contributed by atoms with Crippen LogP contribution in [-0.2, 0) is 0 Å². The fraction of sp³-hybridized carbons (Fsp3) is 1.00. The van der Waals surface area contributed by atoms with E-state index in [1.165, 1.54) is 44.9 Å². The van der Waals surface area contributed by atoms with Crippen LogP contribution in [0.15, 0.2) is 0 Å². The highest BCUT2D eigenvalue weighted by molar-refractivity contribution is 4.67. The highest BCUT2D eigenvalue weighted by Crippen LogP contribution is 2.28. The van der Waals surface area contributed by atoms with E-state index in [4.69, 9.17) is 11.5 Å². The summed E-state index contributed by atoms with van der Waals surface area (Å²) in [5, 5.41) is 0. The van der Waals surface area contributed by atoms with Crippen LogP contribution in [0, 0.1) is 5.92 Å². The second-order valence-electron chi connectivity index (χ2n) is 4.10. The molecule has 0 radical (unpaired) electrons. The van der Waals surface area contributed by atoms with Crippen LogP contribution in [0.4, 0.5) is 0 Å². The van der Waals surface area contributed by atoms with Crippen LogP contribution in [0.2, 0.25) is 0 Å². The molecule has 1 aliphatic rings. The lowest BCUT2D eigenvalue weighted by atomic mass is 10.00. The molecule has 0 unspecified atom stereocenters. The van der Waals surface area contributed by atoms with E-state index in [0.717, 1.165) is 12.3 Å². The van der Waals surface area contributed by atoms with Crippen LogP contribution < -0.4 is 11.5 Å². The van der Waals surface area contributed by atoms with Gasteiger partial charge >= 0.3 is 0 Å². The number of hydrogen-bond acceptors (Lipinski definition) is 2. The molecule has 2 nitrogen and oxygen atoms in total. The number of hydrogen-bond donors (Lipinski definition) is 2. The van der Waals surface area contributed by atoms with Gasteiger partial charge in [-0.15, -0.1) is 0 Å². The molecule has 0 saturated heterocycles. The molecule has 0 aromatic rings. The monoisotopic (exact) mass is 170 g/mol. The molecule has 0 heterocycles. The number of rotatable bonds is 5.